The molecular weight excluding hydrogens is 334 g/mol. The predicted molar refractivity (Wildman–Crippen MR) is 97.7 cm³/mol. The van der Waals surface area contributed by atoms with Crippen molar-refractivity contribution in [3.63, 3.8) is 0 Å². The van der Waals surface area contributed by atoms with Crippen LogP contribution in [0, 0.1) is 0 Å². The van der Waals surface area contributed by atoms with E-state index in [1.807, 2.05) is 57.0 Å². The molecule has 0 aliphatic carbocycles. The van der Waals surface area contributed by atoms with Gasteiger partial charge in [-0.3, -0.25) is 15.0 Å². The van der Waals surface area contributed by atoms with E-state index >= 15 is 0 Å². The molecule has 1 unspecified atom stereocenters. The standard InChI is InChI=1S/C19H25N3O4/c1-19(2,3)16-9-18(26-21-16)20-17(23)11-22(4)10-13-12-24-14-7-5-6-8-15(14)25-13/h5-9,13H,10-12H2,1-4H3,(H,20,23). The van der Waals surface area contributed by atoms with E-state index in [1.54, 1.807) is 6.07 Å². The van der Waals surface area contributed by atoms with E-state index in [0.29, 0.717) is 19.0 Å². The lowest BCUT2D eigenvalue weighted by atomic mass is 9.92. The van der Waals surface area contributed by atoms with E-state index in [4.69, 9.17) is 14.0 Å². The van der Waals surface area contributed by atoms with Crippen molar-refractivity contribution in [2.24, 2.45) is 0 Å². The molecule has 0 spiro atoms. The Morgan fingerprint density at radius 2 is 2.04 bits per heavy atom. The van der Waals surface area contributed by atoms with Gasteiger partial charge in [-0.2, -0.15) is 0 Å². The predicted octanol–water partition coefficient (Wildman–Crippen LogP) is 2.68. The summed E-state index contributed by atoms with van der Waals surface area (Å²) in [6, 6.07) is 9.34. The summed E-state index contributed by atoms with van der Waals surface area (Å²) in [4.78, 5) is 14.1. The first kappa shape index (κ1) is 18.3. The first-order chi connectivity index (χ1) is 12.3. The maximum absolute atomic E-state index is 12.2. The number of aromatic nitrogens is 1. The third-order valence-corrected chi connectivity index (χ3v) is 4.04. The summed E-state index contributed by atoms with van der Waals surface area (Å²) in [5.41, 5.74) is 0.672. The average Bonchev–Trinajstić information content (AvgIpc) is 3.03. The SMILES string of the molecule is CN(CC(=O)Nc1cc(C(C)(C)C)no1)CC1COc2ccccc2O1. The number of hydrogen-bond donors (Lipinski definition) is 1. The van der Waals surface area contributed by atoms with Crippen molar-refractivity contribution in [3.8, 4) is 11.5 Å². The number of likely N-dealkylation sites (N-methyl/N-ethyl adjacent to an activating group) is 1. The first-order valence-corrected chi connectivity index (χ1v) is 8.65. The number of ether oxygens (including phenoxy) is 2. The number of carbonyl (C=O) groups excluding carboxylic acids is 1. The second-order valence-electron chi connectivity index (χ2n) is 7.57. The Labute approximate surface area is 153 Å². The number of benzene rings is 1. The molecule has 7 heteroatoms. The van der Waals surface area contributed by atoms with Crippen LogP contribution in [-0.4, -0.2) is 48.8 Å². The topological polar surface area (TPSA) is 76.8 Å². The molecule has 26 heavy (non-hydrogen) atoms. The number of anilines is 1. The molecule has 0 saturated carbocycles. The van der Waals surface area contributed by atoms with Crippen molar-refractivity contribution in [1.29, 1.82) is 0 Å². The van der Waals surface area contributed by atoms with Gasteiger partial charge in [0.05, 0.1) is 12.2 Å². The number of para-hydroxylation sites is 2. The second-order valence-corrected chi connectivity index (χ2v) is 7.57. The number of rotatable bonds is 5. The lowest BCUT2D eigenvalue weighted by Gasteiger charge is -2.29. The number of carbonyl (C=O) groups is 1. The third-order valence-electron chi connectivity index (χ3n) is 4.04. The monoisotopic (exact) mass is 359 g/mol. The smallest absolute Gasteiger partial charge is 0.240 e. The lowest BCUT2D eigenvalue weighted by molar-refractivity contribution is -0.117. The minimum absolute atomic E-state index is 0.125. The van der Waals surface area contributed by atoms with Crippen molar-refractivity contribution in [2.45, 2.75) is 32.3 Å². The van der Waals surface area contributed by atoms with E-state index < -0.39 is 0 Å². The molecule has 1 aliphatic rings. The van der Waals surface area contributed by atoms with Crippen LogP contribution < -0.4 is 14.8 Å². The van der Waals surface area contributed by atoms with Crippen molar-refractivity contribution in [2.75, 3.05) is 32.1 Å². The van der Waals surface area contributed by atoms with Crippen LogP contribution in [0.3, 0.4) is 0 Å². The molecule has 1 atom stereocenters. The molecule has 0 fully saturated rings. The Morgan fingerprint density at radius 3 is 2.73 bits per heavy atom. The molecular formula is C19H25N3O4. The van der Waals surface area contributed by atoms with Gasteiger partial charge >= 0.3 is 0 Å². The molecule has 1 N–H and O–H groups in total. The van der Waals surface area contributed by atoms with Crippen LogP contribution in [0.25, 0.3) is 0 Å². The minimum Gasteiger partial charge on any atom is -0.486 e. The Kier molecular flexibility index (Phi) is 5.18. The van der Waals surface area contributed by atoms with Gasteiger partial charge in [0.15, 0.2) is 11.5 Å². The normalized spacial score (nSPS) is 16.6. The molecule has 1 aromatic heterocycles. The van der Waals surface area contributed by atoms with Crippen molar-refractivity contribution in [3.05, 3.63) is 36.0 Å². The number of nitrogens with zero attached hydrogens (tertiary/aromatic N) is 2. The van der Waals surface area contributed by atoms with E-state index in [9.17, 15) is 4.79 Å². The largest absolute Gasteiger partial charge is 0.486 e. The highest BCUT2D eigenvalue weighted by Gasteiger charge is 2.23. The molecule has 1 aromatic carbocycles. The van der Waals surface area contributed by atoms with Gasteiger partial charge in [0.25, 0.3) is 0 Å². The first-order valence-electron chi connectivity index (χ1n) is 8.65. The Hall–Kier alpha value is -2.54. The van der Waals surface area contributed by atoms with E-state index in [2.05, 4.69) is 10.5 Å². The zero-order valence-corrected chi connectivity index (χ0v) is 15.6. The van der Waals surface area contributed by atoms with E-state index in [0.717, 1.165) is 17.2 Å². The fourth-order valence-electron chi connectivity index (χ4n) is 2.67. The van der Waals surface area contributed by atoms with Gasteiger partial charge in [0, 0.05) is 18.0 Å². The summed E-state index contributed by atoms with van der Waals surface area (Å²) in [7, 11) is 1.87. The molecule has 2 aromatic rings. The summed E-state index contributed by atoms with van der Waals surface area (Å²) in [6.45, 7) is 7.36. The molecule has 0 bridgehead atoms. The highest BCUT2D eigenvalue weighted by Crippen LogP contribution is 2.31. The van der Waals surface area contributed by atoms with Crippen molar-refractivity contribution < 1.29 is 18.8 Å². The fourth-order valence-corrected chi connectivity index (χ4v) is 2.67. The van der Waals surface area contributed by atoms with Crippen LogP contribution in [0.1, 0.15) is 26.5 Å². The van der Waals surface area contributed by atoms with Gasteiger partial charge in [-0.05, 0) is 19.2 Å². The second kappa shape index (κ2) is 7.37. The fraction of sp³-hybridized carbons (Fsp3) is 0.474. The Morgan fingerprint density at radius 1 is 1.31 bits per heavy atom. The van der Waals surface area contributed by atoms with Gasteiger partial charge in [-0.25, -0.2) is 0 Å². The number of hydrogen-bond acceptors (Lipinski definition) is 6. The van der Waals surface area contributed by atoms with Crippen LogP contribution in [0.5, 0.6) is 11.5 Å². The highest BCUT2D eigenvalue weighted by atomic mass is 16.6. The summed E-state index contributed by atoms with van der Waals surface area (Å²) in [6.07, 6.45) is -0.125. The van der Waals surface area contributed by atoms with Crippen LogP contribution in [0.2, 0.25) is 0 Å². The van der Waals surface area contributed by atoms with E-state index in [-0.39, 0.29) is 24.0 Å². The highest BCUT2D eigenvalue weighted by molar-refractivity contribution is 5.90. The van der Waals surface area contributed by atoms with Crippen LogP contribution in [0.15, 0.2) is 34.9 Å². The lowest BCUT2D eigenvalue weighted by Crippen LogP contribution is -2.42. The number of amides is 1. The summed E-state index contributed by atoms with van der Waals surface area (Å²) in [5, 5.41) is 6.73. The van der Waals surface area contributed by atoms with E-state index in [1.165, 1.54) is 0 Å². The van der Waals surface area contributed by atoms with Gasteiger partial charge in [0.1, 0.15) is 12.7 Å². The molecule has 3 rings (SSSR count). The van der Waals surface area contributed by atoms with Crippen molar-refractivity contribution in [1.82, 2.24) is 10.1 Å². The molecule has 2 heterocycles. The van der Waals surface area contributed by atoms with Gasteiger partial charge in [-0.15, -0.1) is 0 Å². The van der Waals surface area contributed by atoms with Crippen LogP contribution >= 0.6 is 0 Å². The zero-order valence-electron chi connectivity index (χ0n) is 15.6. The van der Waals surface area contributed by atoms with Gasteiger partial charge in [0.2, 0.25) is 11.8 Å². The molecule has 1 aliphatic heterocycles. The van der Waals surface area contributed by atoms with Gasteiger partial charge in [-0.1, -0.05) is 38.1 Å². The molecule has 0 radical (unpaired) electrons. The Bertz CT molecular complexity index is 766. The summed E-state index contributed by atoms with van der Waals surface area (Å²) in [5.74, 6) is 1.68. The summed E-state index contributed by atoms with van der Waals surface area (Å²) < 4.78 is 16.8. The quantitative estimate of drug-likeness (QED) is 0.884. The third kappa shape index (κ3) is 4.54. The van der Waals surface area contributed by atoms with Gasteiger partial charge < -0.3 is 14.0 Å². The molecule has 0 saturated heterocycles. The maximum Gasteiger partial charge on any atom is 0.240 e. The molecule has 1 amide bonds. The van der Waals surface area contributed by atoms with Crippen LogP contribution in [-0.2, 0) is 10.2 Å². The molecule has 140 valence electrons. The maximum atomic E-state index is 12.2. The average molecular weight is 359 g/mol. The Balaban J connectivity index is 1.48. The number of fused-ring (bicyclic) bond motifs is 1. The number of nitrogens with one attached hydrogen (secondary N) is 1. The zero-order chi connectivity index (χ0) is 18.7. The van der Waals surface area contributed by atoms with Crippen molar-refractivity contribution >= 4 is 11.8 Å². The van der Waals surface area contributed by atoms with Crippen LogP contribution in [0.4, 0.5) is 5.88 Å². The molecule has 7 nitrogen and oxygen atoms in total. The summed E-state index contributed by atoms with van der Waals surface area (Å²) >= 11 is 0. The minimum atomic E-state index is -0.166.